The standard InChI is InChI=1S/C42H63BrGeO6/c1-37(2,3)45-28-22-19-23-29(46-38(4,5)6)34(28)44(43,35-30(47-39(7,8)9)24-20-25-31(35)48-40(10,11)12)36-32(49-41(13,14)15)26-21-27-33(36)50-42(16,17)18/h19-27H,1-18H3. The van der Waals surface area contributed by atoms with Gasteiger partial charge in [-0.2, -0.15) is 0 Å². The zero-order valence-corrected chi connectivity index (χ0v) is 37.7. The Kier molecular flexibility index (Phi) is 12.1. The number of rotatable bonds is 9. The van der Waals surface area contributed by atoms with Crippen LogP contribution in [0.1, 0.15) is 125 Å². The quantitative estimate of drug-likeness (QED) is 0.201. The summed E-state index contributed by atoms with van der Waals surface area (Å²) in [6.07, 6.45) is 0. The first kappa shape index (κ1) is 41.9. The van der Waals surface area contributed by atoms with Gasteiger partial charge in [-0.1, -0.05) is 0 Å². The van der Waals surface area contributed by atoms with Crippen molar-refractivity contribution in [2.75, 3.05) is 0 Å². The van der Waals surface area contributed by atoms with Gasteiger partial charge in [-0.25, -0.2) is 0 Å². The van der Waals surface area contributed by atoms with E-state index in [2.05, 4.69) is 139 Å². The Bertz CT molecular complexity index is 1330. The molecule has 0 aliphatic carbocycles. The fourth-order valence-electron chi connectivity index (χ4n) is 5.42. The number of benzene rings is 3. The Morgan fingerprint density at radius 1 is 0.320 bits per heavy atom. The Morgan fingerprint density at radius 2 is 0.460 bits per heavy atom. The van der Waals surface area contributed by atoms with Crippen LogP contribution in [0.5, 0.6) is 34.5 Å². The molecule has 0 heterocycles. The van der Waals surface area contributed by atoms with Crippen molar-refractivity contribution < 1.29 is 28.4 Å². The summed E-state index contributed by atoms with van der Waals surface area (Å²) in [6, 6.07) is 18.2. The number of halogens is 1. The zero-order chi connectivity index (χ0) is 38.3. The molecule has 0 aliphatic rings. The van der Waals surface area contributed by atoms with E-state index in [-0.39, 0.29) is 0 Å². The van der Waals surface area contributed by atoms with Gasteiger partial charge in [-0.3, -0.25) is 0 Å². The van der Waals surface area contributed by atoms with E-state index >= 15 is 0 Å². The Morgan fingerprint density at radius 3 is 0.580 bits per heavy atom. The van der Waals surface area contributed by atoms with Crippen molar-refractivity contribution in [1.82, 2.24) is 0 Å². The van der Waals surface area contributed by atoms with Crippen LogP contribution in [0.3, 0.4) is 0 Å². The number of hydrogen-bond acceptors (Lipinski definition) is 6. The molecule has 0 amide bonds. The molecule has 6 nitrogen and oxygen atoms in total. The molecule has 8 heteroatoms. The fourth-order valence-corrected chi connectivity index (χ4v) is 19.0. The average Bonchev–Trinajstić information content (AvgIpc) is 2.83. The topological polar surface area (TPSA) is 55.4 Å². The predicted octanol–water partition coefficient (Wildman–Crippen LogP) is 10.1. The second-order valence-corrected chi connectivity index (χ2v) is 30.9. The molecule has 0 fully saturated rings. The second-order valence-electron chi connectivity index (χ2n) is 18.8. The summed E-state index contributed by atoms with van der Waals surface area (Å²) in [5.41, 5.74) is -3.15. The number of hydrogen-bond donors (Lipinski definition) is 0. The Labute approximate surface area is 312 Å². The minimum absolute atomic E-state index is 0.524. The molecule has 3 rings (SSSR count). The summed E-state index contributed by atoms with van der Waals surface area (Å²) in [5.74, 6) is 4.23. The van der Waals surface area contributed by atoms with Gasteiger partial charge < -0.3 is 0 Å². The second kappa shape index (κ2) is 14.5. The summed E-state index contributed by atoms with van der Waals surface area (Å²) in [6.45, 7) is 37.1. The van der Waals surface area contributed by atoms with E-state index in [0.29, 0.717) is 34.5 Å². The molecule has 50 heavy (non-hydrogen) atoms. The van der Waals surface area contributed by atoms with Gasteiger partial charge in [0, 0.05) is 0 Å². The van der Waals surface area contributed by atoms with Crippen molar-refractivity contribution in [2.45, 2.75) is 158 Å². The van der Waals surface area contributed by atoms with Gasteiger partial charge in [-0.15, -0.1) is 0 Å². The van der Waals surface area contributed by atoms with Gasteiger partial charge in [0.05, 0.1) is 0 Å². The van der Waals surface area contributed by atoms with Crippen LogP contribution in [0.15, 0.2) is 54.6 Å². The normalized spacial score (nSPS) is 13.5. The van der Waals surface area contributed by atoms with Crippen molar-refractivity contribution >= 4 is 38.6 Å². The molecule has 278 valence electrons. The summed E-state index contributed by atoms with van der Waals surface area (Å²) < 4.78 is 44.2. The summed E-state index contributed by atoms with van der Waals surface area (Å²) in [4.78, 5) is 0. The minimum atomic E-state index is -4.51. The van der Waals surface area contributed by atoms with Crippen molar-refractivity contribution in [2.24, 2.45) is 0 Å². The molecule has 0 spiro atoms. The average molecular weight is 816 g/mol. The molecule has 0 radical (unpaired) electrons. The molecule has 0 bridgehead atoms. The van der Waals surface area contributed by atoms with Crippen LogP contribution in [-0.2, 0) is 0 Å². The zero-order valence-electron chi connectivity index (χ0n) is 34.0. The first-order valence-electron chi connectivity index (χ1n) is 17.6. The van der Waals surface area contributed by atoms with Crippen molar-refractivity contribution in [3.8, 4) is 34.5 Å². The van der Waals surface area contributed by atoms with Gasteiger partial charge in [-0.05, 0) is 0 Å². The molecule has 3 aromatic rings. The van der Waals surface area contributed by atoms with Gasteiger partial charge in [0.1, 0.15) is 0 Å². The van der Waals surface area contributed by atoms with E-state index in [1.807, 2.05) is 54.6 Å². The summed E-state index contributed by atoms with van der Waals surface area (Å²) >= 11 is 0.155. The Balaban J connectivity index is 2.83. The van der Waals surface area contributed by atoms with E-state index in [9.17, 15) is 0 Å². The van der Waals surface area contributed by atoms with Crippen molar-refractivity contribution in [1.29, 1.82) is 0 Å². The molecule has 3 aromatic carbocycles. The van der Waals surface area contributed by atoms with E-state index in [0.717, 1.165) is 13.2 Å². The third-order valence-corrected chi connectivity index (χ3v) is 20.1. The maximum atomic E-state index is 6.91. The molecule has 0 saturated heterocycles. The van der Waals surface area contributed by atoms with E-state index in [1.165, 1.54) is 0 Å². The first-order chi connectivity index (χ1) is 22.4. The van der Waals surface area contributed by atoms with Crippen LogP contribution in [0.4, 0.5) is 0 Å². The molecule has 0 N–H and O–H groups in total. The fraction of sp³-hybridized carbons (Fsp3) is 0.571. The number of ether oxygens (including phenoxy) is 6. The molecule has 0 atom stereocenters. The molecular weight excluding hydrogens is 753 g/mol. The maximum absolute atomic E-state index is 6.91. The molecule has 0 saturated carbocycles. The van der Waals surface area contributed by atoms with Gasteiger partial charge in [0.15, 0.2) is 0 Å². The first-order valence-corrected chi connectivity index (χ1v) is 25.7. The van der Waals surface area contributed by atoms with Crippen LogP contribution in [0.2, 0.25) is 0 Å². The molecule has 0 unspecified atom stereocenters. The SMILES string of the molecule is CC(C)(C)Oc1cccc(OC(C)(C)C)[c]1[Ge]([Br])([c]1c(OC(C)(C)C)cccc1OC(C)(C)C)[c]1c(OC(C)(C)C)cccc1OC(C)(C)C. The molecule has 0 aromatic heterocycles. The Hall–Kier alpha value is -2.52. The molecule has 0 aliphatic heterocycles. The molecular formula is C42H63BrGeO6. The van der Waals surface area contributed by atoms with Gasteiger partial charge in [0.25, 0.3) is 0 Å². The van der Waals surface area contributed by atoms with Crippen molar-refractivity contribution in [3.05, 3.63) is 54.6 Å². The van der Waals surface area contributed by atoms with Gasteiger partial charge in [0.2, 0.25) is 0 Å². The van der Waals surface area contributed by atoms with E-state index < -0.39 is 45.0 Å². The summed E-state index contributed by atoms with van der Waals surface area (Å²) in [5, 5.41) is 0. The van der Waals surface area contributed by atoms with Crippen LogP contribution in [0.25, 0.3) is 0 Å². The third kappa shape index (κ3) is 11.8. The predicted molar refractivity (Wildman–Crippen MR) is 215 cm³/mol. The van der Waals surface area contributed by atoms with E-state index in [1.54, 1.807) is 0 Å². The third-order valence-electron chi connectivity index (χ3n) is 6.49. The summed E-state index contributed by atoms with van der Waals surface area (Å²) in [7, 11) is 0. The van der Waals surface area contributed by atoms with Crippen LogP contribution in [0, 0.1) is 0 Å². The van der Waals surface area contributed by atoms with Crippen LogP contribution < -0.4 is 41.6 Å². The monoisotopic (exact) mass is 816 g/mol. The van der Waals surface area contributed by atoms with Crippen LogP contribution >= 0.6 is 14.0 Å². The van der Waals surface area contributed by atoms with Crippen LogP contribution in [-0.4, -0.2) is 45.0 Å². The van der Waals surface area contributed by atoms with E-state index in [4.69, 9.17) is 28.4 Å². The van der Waals surface area contributed by atoms with Crippen molar-refractivity contribution in [3.63, 3.8) is 0 Å². The van der Waals surface area contributed by atoms with Gasteiger partial charge >= 0.3 is 314 Å².